The number of aromatic nitrogens is 4. The third-order valence-corrected chi connectivity index (χ3v) is 18.8. The average Bonchev–Trinajstić information content (AvgIpc) is 4.28. The van der Waals surface area contributed by atoms with Crippen LogP contribution in [0.5, 0.6) is 0 Å². The topological polar surface area (TPSA) is 51.6 Å². The van der Waals surface area contributed by atoms with Crippen molar-refractivity contribution in [2.45, 2.75) is 0 Å². The highest BCUT2D eigenvalue weighted by Gasteiger charge is 2.20. The molecule has 10 aromatic carbocycles. The van der Waals surface area contributed by atoms with Crippen LogP contribution in [-0.4, -0.2) is 19.9 Å². The van der Waals surface area contributed by atoms with E-state index in [1.807, 2.05) is 28.7 Å². The van der Waals surface area contributed by atoms with Crippen molar-refractivity contribution < 1.29 is 0 Å². The first kappa shape index (κ1) is 44.7. The molecular weight excluding hydrogens is 1000 g/mol. The first-order valence-electron chi connectivity index (χ1n) is 25.2. The molecule has 0 N–H and O–H groups in total. The predicted octanol–water partition coefficient (Wildman–Crippen LogP) is 20.4. The Morgan fingerprint density at radius 2 is 0.539 bits per heavy atom. The van der Waals surface area contributed by atoms with Gasteiger partial charge in [-0.2, -0.15) is 0 Å². The quantitative estimate of drug-likeness (QED) is 0.167. The van der Waals surface area contributed by atoms with E-state index in [9.17, 15) is 0 Å². The third-order valence-electron chi connectivity index (χ3n) is 14.2. The van der Waals surface area contributed by atoms with Gasteiger partial charge < -0.3 is 0 Å². The van der Waals surface area contributed by atoms with Crippen LogP contribution >= 0.6 is 45.3 Å². The van der Waals surface area contributed by atoms with E-state index in [1.165, 1.54) is 82.8 Å². The number of rotatable bonds is 6. The Balaban J connectivity index is 0.000000133. The van der Waals surface area contributed by atoms with Crippen LogP contribution in [0.25, 0.3) is 148 Å². The highest BCUT2D eigenvalue weighted by atomic mass is 32.1. The summed E-state index contributed by atoms with van der Waals surface area (Å²) < 4.78 is 9.89. The molecule has 0 fully saturated rings. The number of nitrogens with zero attached hydrogens (tertiary/aromatic N) is 4. The van der Waals surface area contributed by atoms with Crippen molar-refractivity contribution in [3.05, 3.63) is 243 Å². The molecule has 6 heterocycles. The number of hydrogen-bond acceptors (Lipinski definition) is 8. The van der Waals surface area contributed by atoms with Gasteiger partial charge in [-0.3, -0.25) is 0 Å². The average molecular weight is 1040 g/mol. The van der Waals surface area contributed by atoms with Crippen molar-refractivity contribution in [2.75, 3.05) is 0 Å². The lowest BCUT2D eigenvalue weighted by molar-refractivity contribution is 1.24. The monoisotopic (exact) mass is 1040 g/mol. The van der Waals surface area contributed by atoms with Crippen LogP contribution in [0.4, 0.5) is 0 Å². The van der Waals surface area contributed by atoms with E-state index in [4.69, 9.17) is 19.9 Å². The van der Waals surface area contributed by atoms with Crippen LogP contribution in [-0.2, 0) is 0 Å². The standard InChI is InChI=1S/2C34H20N2S2/c1-2-8-21(9-3-1)22-14-16-23(17-15-22)34-35-31(33-32(36-34)27-11-5-7-13-29(27)38-33)24-18-19-26-25-10-4-6-12-28(25)37-30(26)20-24;1-2-8-21(9-3-1)22-14-16-23(17-15-22)31-33-32(27-11-5-7-13-29(27)38-33)36-34(35-31)24-18-19-26-25-10-4-6-12-28(25)37-30(26)20-24/h2*1-20H. The summed E-state index contributed by atoms with van der Waals surface area (Å²) >= 11 is 7.21. The van der Waals surface area contributed by atoms with Crippen molar-refractivity contribution in [1.29, 1.82) is 0 Å². The number of hydrogen-bond donors (Lipinski definition) is 0. The molecule has 0 radical (unpaired) electrons. The zero-order valence-electron chi connectivity index (χ0n) is 40.5. The molecule has 0 amide bonds. The van der Waals surface area contributed by atoms with Gasteiger partial charge in [0.15, 0.2) is 11.6 Å². The van der Waals surface area contributed by atoms with E-state index in [-0.39, 0.29) is 0 Å². The molecule has 0 saturated carbocycles. The minimum absolute atomic E-state index is 0.757. The Hall–Kier alpha value is -8.76. The molecule has 0 aliphatic heterocycles. The molecule has 0 unspecified atom stereocenters. The lowest BCUT2D eigenvalue weighted by atomic mass is 10.0. The summed E-state index contributed by atoms with van der Waals surface area (Å²) in [5.41, 5.74) is 13.1. The van der Waals surface area contributed by atoms with Gasteiger partial charge in [-0.15, -0.1) is 45.3 Å². The zero-order chi connectivity index (χ0) is 50.1. The predicted molar refractivity (Wildman–Crippen MR) is 328 cm³/mol. The fourth-order valence-electron chi connectivity index (χ4n) is 10.5. The maximum atomic E-state index is 5.20. The van der Waals surface area contributed by atoms with E-state index in [1.54, 1.807) is 22.7 Å². The van der Waals surface area contributed by atoms with E-state index in [0.717, 1.165) is 65.7 Å². The fourth-order valence-corrected chi connectivity index (χ4v) is 15.1. The van der Waals surface area contributed by atoms with Crippen LogP contribution in [0.2, 0.25) is 0 Å². The summed E-state index contributed by atoms with van der Waals surface area (Å²) in [5.74, 6) is 1.52. The SMILES string of the molecule is c1ccc(-c2ccc(-c3nc(-c4ccc5c(c4)sc4ccccc45)c4sc5ccccc5c4n3)cc2)cc1.c1ccc(-c2ccc(-c3nc(-c4ccc5c(c4)sc4ccccc45)nc4c3sc3ccccc34)cc2)cc1. The lowest BCUT2D eigenvalue weighted by Gasteiger charge is -2.08. The van der Waals surface area contributed by atoms with Crippen LogP contribution in [0, 0.1) is 0 Å². The van der Waals surface area contributed by atoms with Crippen molar-refractivity contribution >= 4 is 126 Å². The zero-order valence-corrected chi connectivity index (χ0v) is 43.8. The van der Waals surface area contributed by atoms with Gasteiger partial charge in [0, 0.05) is 82.8 Å². The minimum atomic E-state index is 0.757. The first-order valence-corrected chi connectivity index (χ1v) is 28.4. The second-order valence-corrected chi connectivity index (χ2v) is 23.1. The van der Waals surface area contributed by atoms with Gasteiger partial charge in [-0.25, -0.2) is 19.9 Å². The summed E-state index contributed by atoms with van der Waals surface area (Å²) in [7, 11) is 0. The molecule has 76 heavy (non-hydrogen) atoms. The van der Waals surface area contributed by atoms with Gasteiger partial charge in [-0.05, 0) is 58.7 Å². The van der Waals surface area contributed by atoms with Crippen molar-refractivity contribution in [3.63, 3.8) is 0 Å². The molecule has 8 heteroatoms. The van der Waals surface area contributed by atoms with E-state index in [2.05, 4.69) is 237 Å². The second-order valence-electron chi connectivity index (χ2n) is 18.8. The molecule has 0 atom stereocenters. The maximum absolute atomic E-state index is 5.20. The summed E-state index contributed by atoms with van der Waals surface area (Å²) in [6.45, 7) is 0. The molecule has 6 aromatic heterocycles. The fraction of sp³-hybridized carbons (Fsp3) is 0. The Bertz CT molecular complexity index is 4850. The van der Waals surface area contributed by atoms with E-state index in [0.29, 0.717) is 0 Å². The van der Waals surface area contributed by atoms with Crippen LogP contribution in [0.1, 0.15) is 0 Å². The van der Waals surface area contributed by atoms with Crippen molar-refractivity contribution in [3.8, 4) is 67.5 Å². The maximum Gasteiger partial charge on any atom is 0.160 e. The Labute approximate surface area is 453 Å². The Morgan fingerprint density at radius 3 is 1.04 bits per heavy atom. The summed E-state index contributed by atoms with van der Waals surface area (Å²) in [5, 5.41) is 7.56. The van der Waals surface area contributed by atoms with Crippen LogP contribution in [0.3, 0.4) is 0 Å². The normalized spacial score (nSPS) is 11.7. The van der Waals surface area contributed by atoms with Gasteiger partial charge >= 0.3 is 0 Å². The highest BCUT2D eigenvalue weighted by Crippen LogP contribution is 2.44. The summed E-state index contributed by atoms with van der Waals surface area (Å²) in [6, 6.07) is 86.0. The van der Waals surface area contributed by atoms with Gasteiger partial charge in [0.05, 0.1) is 31.8 Å². The summed E-state index contributed by atoms with van der Waals surface area (Å²) in [6.07, 6.45) is 0. The number of fused-ring (bicyclic) bond motifs is 12. The van der Waals surface area contributed by atoms with Crippen molar-refractivity contribution in [2.24, 2.45) is 0 Å². The Morgan fingerprint density at radius 1 is 0.211 bits per heavy atom. The molecule has 0 bridgehead atoms. The molecule has 16 rings (SSSR count). The Kier molecular flexibility index (Phi) is 10.9. The van der Waals surface area contributed by atoms with Gasteiger partial charge in [-0.1, -0.05) is 206 Å². The van der Waals surface area contributed by atoms with Crippen molar-refractivity contribution in [1.82, 2.24) is 19.9 Å². The van der Waals surface area contributed by atoms with Crippen LogP contribution in [0.15, 0.2) is 243 Å². The van der Waals surface area contributed by atoms with Gasteiger partial charge in [0.2, 0.25) is 0 Å². The molecule has 0 aliphatic rings. The highest BCUT2D eigenvalue weighted by molar-refractivity contribution is 7.27. The van der Waals surface area contributed by atoms with E-state index < -0.39 is 0 Å². The lowest BCUT2D eigenvalue weighted by Crippen LogP contribution is -1.93. The number of benzene rings is 10. The molecule has 4 nitrogen and oxygen atoms in total. The van der Waals surface area contributed by atoms with Crippen LogP contribution < -0.4 is 0 Å². The first-order chi connectivity index (χ1) is 37.6. The van der Waals surface area contributed by atoms with Gasteiger partial charge in [0.1, 0.15) is 0 Å². The van der Waals surface area contributed by atoms with Gasteiger partial charge in [0.25, 0.3) is 0 Å². The largest absolute Gasteiger partial charge is 0.226 e. The smallest absolute Gasteiger partial charge is 0.160 e. The molecule has 0 saturated heterocycles. The molecule has 16 aromatic rings. The third kappa shape index (κ3) is 7.85. The number of thiophene rings is 4. The molecule has 0 aliphatic carbocycles. The van der Waals surface area contributed by atoms with E-state index >= 15 is 0 Å². The molecule has 356 valence electrons. The molecule has 0 spiro atoms. The summed E-state index contributed by atoms with van der Waals surface area (Å²) in [4.78, 5) is 20.7. The second kappa shape index (κ2) is 18.6. The molecular formula is C68H40N4S4. The minimum Gasteiger partial charge on any atom is -0.226 e.